The van der Waals surface area contributed by atoms with Crippen molar-refractivity contribution >= 4 is 23.4 Å². The van der Waals surface area contributed by atoms with Gasteiger partial charge in [-0.2, -0.15) is 13.2 Å². The van der Waals surface area contributed by atoms with Crippen LogP contribution in [0.1, 0.15) is 12.8 Å². The molecule has 1 saturated heterocycles. The number of carbonyl (C=O) groups excluding carboxylic acids is 1. The molecule has 1 aliphatic heterocycles. The van der Waals surface area contributed by atoms with E-state index in [0.717, 1.165) is 0 Å². The van der Waals surface area contributed by atoms with Crippen molar-refractivity contribution in [3.05, 3.63) is 59.4 Å². The Morgan fingerprint density at radius 2 is 1.84 bits per heavy atom. The summed E-state index contributed by atoms with van der Waals surface area (Å²) in [6, 6.07) is 11.3. The van der Waals surface area contributed by atoms with Crippen LogP contribution in [0.2, 0.25) is 5.02 Å². The molecule has 0 radical (unpaired) electrons. The third kappa shape index (κ3) is 7.29. The first kappa shape index (κ1) is 23.1. The van der Waals surface area contributed by atoms with E-state index in [4.69, 9.17) is 16.3 Å². The number of nitrogens with one attached hydrogen (secondary N) is 1. The number of benzene rings is 2. The van der Waals surface area contributed by atoms with E-state index >= 15 is 0 Å². The zero-order valence-corrected chi connectivity index (χ0v) is 17.1. The number of amides is 1. The molecule has 0 aromatic heterocycles. The number of likely N-dealkylation sites (tertiary alicyclic amines) is 1. The summed E-state index contributed by atoms with van der Waals surface area (Å²) in [6.07, 6.45) is -7.32. The van der Waals surface area contributed by atoms with E-state index in [0.29, 0.717) is 30.2 Å². The number of alkyl halides is 3. The molecule has 1 amide bonds. The van der Waals surface area contributed by atoms with Gasteiger partial charge in [-0.3, -0.25) is 10.2 Å². The van der Waals surface area contributed by atoms with Crippen molar-refractivity contribution in [1.82, 2.24) is 4.90 Å². The summed E-state index contributed by atoms with van der Waals surface area (Å²) < 4.78 is 63.9. The van der Waals surface area contributed by atoms with Crippen molar-refractivity contribution in [3.8, 4) is 5.75 Å². The largest absolute Gasteiger partial charge is 0.489 e. The minimum Gasteiger partial charge on any atom is -0.489 e. The lowest BCUT2D eigenvalue weighted by Gasteiger charge is -2.35. The van der Waals surface area contributed by atoms with Crippen LogP contribution in [0.5, 0.6) is 5.75 Å². The summed E-state index contributed by atoms with van der Waals surface area (Å²) in [4.78, 5) is 13.5. The molecule has 1 heterocycles. The second-order valence-corrected chi connectivity index (χ2v) is 7.60. The summed E-state index contributed by atoms with van der Waals surface area (Å²) >= 11 is 5.75. The quantitative estimate of drug-likeness (QED) is 0.578. The number of hydrogen-bond acceptors (Lipinski definition) is 4. The van der Waals surface area contributed by atoms with Gasteiger partial charge >= 0.3 is 12.3 Å². The fourth-order valence-electron chi connectivity index (χ4n) is 3.23. The van der Waals surface area contributed by atoms with Crippen LogP contribution in [0.25, 0.3) is 0 Å². The number of piperidine rings is 1. The van der Waals surface area contributed by atoms with E-state index in [9.17, 15) is 22.4 Å². The number of halogens is 5. The zero-order valence-electron chi connectivity index (χ0n) is 16.4. The normalized spacial score (nSPS) is 18.3. The Morgan fingerprint density at radius 3 is 2.48 bits per heavy atom. The van der Waals surface area contributed by atoms with E-state index in [1.54, 1.807) is 4.90 Å². The van der Waals surface area contributed by atoms with Crippen LogP contribution in [-0.4, -0.2) is 49.0 Å². The van der Waals surface area contributed by atoms with E-state index in [1.807, 2.05) is 0 Å². The Kier molecular flexibility index (Phi) is 7.61. The van der Waals surface area contributed by atoms with Gasteiger partial charge in [0.15, 0.2) is 0 Å². The minimum atomic E-state index is -4.73. The van der Waals surface area contributed by atoms with E-state index in [2.05, 4.69) is 10.1 Å². The van der Waals surface area contributed by atoms with Crippen LogP contribution in [0.4, 0.5) is 28.0 Å². The molecule has 3 rings (SSSR count). The van der Waals surface area contributed by atoms with Crippen LogP contribution in [0, 0.1) is 5.82 Å². The van der Waals surface area contributed by atoms with Gasteiger partial charge < -0.3 is 9.47 Å². The van der Waals surface area contributed by atoms with Crippen LogP contribution < -0.4 is 10.1 Å². The predicted octanol–water partition coefficient (Wildman–Crippen LogP) is 5.50. The fraction of sp³-hybridized carbons (Fsp3) is 0.381. The number of hydrogen-bond donors (Lipinski definition) is 1. The second kappa shape index (κ2) is 10.2. The molecule has 2 unspecified atom stereocenters. The molecule has 1 N–H and O–H groups in total. The molecule has 1 aliphatic rings. The molecular formula is C21H21ClF4N2O3. The molecule has 0 saturated carbocycles. The van der Waals surface area contributed by atoms with Gasteiger partial charge in [0.1, 0.15) is 17.7 Å². The Balaban J connectivity index is 1.57. The average molecular weight is 461 g/mol. The fourth-order valence-corrected chi connectivity index (χ4v) is 3.36. The molecule has 0 spiro atoms. The van der Waals surface area contributed by atoms with Crippen LogP contribution >= 0.6 is 11.6 Å². The standard InChI is InChI=1S/C21H21ClF4N2O3/c22-14-3-7-16(8-4-14)27-20(29)31-19(21(24,25)26)13-28-11-1-2-18(12-28)30-17-9-5-15(23)6-10-17/h3-10,18-19H,1-2,11-13H2,(H,27,29). The second-order valence-electron chi connectivity index (χ2n) is 7.16. The highest BCUT2D eigenvalue weighted by molar-refractivity contribution is 6.30. The molecule has 0 bridgehead atoms. The van der Waals surface area contributed by atoms with Gasteiger partial charge in [0.2, 0.25) is 6.10 Å². The number of nitrogens with zero attached hydrogens (tertiary/aromatic N) is 1. The molecule has 2 atom stereocenters. The van der Waals surface area contributed by atoms with Gasteiger partial charge in [0, 0.05) is 23.8 Å². The van der Waals surface area contributed by atoms with Crippen molar-refractivity contribution in [2.45, 2.75) is 31.2 Å². The summed E-state index contributed by atoms with van der Waals surface area (Å²) in [7, 11) is 0. The molecule has 5 nitrogen and oxygen atoms in total. The van der Waals surface area contributed by atoms with Crippen molar-refractivity contribution in [2.24, 2.45) is 0 Å². The third-order valence-corrected chi connectivity index (χ3v) is 4.96. The van der Waals surface area contributed by atoms with Crippen LogP contribution in [-0.2, 0) is 4.74 Å². The monoisotopic (exact) mass is 460 g/mol. The zero-order chi connectivity index (χ0) is 22.4. The van der Waals surface area contributed by atoms with Gasteiger partial charge in [0.25, 0.3) is 0 Å². The molecule has 0 aliphatic carbocycles. The summed E-state index contributed by atoms with van der Waals surface area (Å²) in [5.74, 6) is 0.0406. The predicted molar refractivity (Wildman–Crippen MR) is 108 cm³/mol. The first-order chi connectivity index (χ1) is 14.7. The van der Waals surface area contributed by atoms with Gasteiger partial charge in [-0.25, -0.2) is 9.18 Å². The molecule has 2 aromatic carbocycles. The van der Waals surface area contributed by atoms with Crippen molar-refractivity contribution in [3.63, 3.8) is 0 Å². The highest BCUT2D eigenvalue weighted by atomic mass is 35.5. The maximum Gasteiger partial charge on any atom is 0.426 e. The topological polar surface area (TPSA) is 50.8 Å². The smallest absolute Gasteiger partial charge is 0.426 e. The van der Waals surface area contributed by atoms with E-state index < -0.39 is 30.7 Å². The van der Waals surface area contributed by atoms with Gasteiger partial charge in [-0.05, 0) is 67.9 Å². The molecule has 10 heteroatoms. The van der Waals surface area contributed by atoms with Gasteiger partial charge in [-0.1, -0.05) is 11.6 Å². The Labute approximate surface area is 181 Å². The Hall–Kier alpha value is -2.52. The lowest BCUT2D eigenvalue weighted by molar-refractivity contribution is -0.207. The minimum absolute atomic E-state index is 0.228. The number of anilines is 1. The third-order valence-electron chi connectivity index (χ3n) is 4.71. The lowest BCUT2D eigenvalue weighted by Crippen LogP contribution is -2.49. The first-order valence-corrected chi connectivity index (χ1v) is 10.0. The molecule has 31 heavy (non-hydrogen) atoms. The lowest BCUT2D eigenvalue weighted by atomic mass is 10.1. The summed E-state index contributed by atoms with van der Waals surface area (Å²) in [5.41, 5.74) is 0.265. The Bertz CT molecular complexity index is 862. The maximum absolute atomic E-state index is 13.5. The molecular weight excluding hydrogens is 440 g/mol. The maximum atomic E-state index is 13.5. The molecule has 2 aromatic rings. The van der Waals surface area contributed by atoms with Gasteiger partial charge in [0.05, 0.1) is 0 Å². The van der Waals surface area contributed by atoms with Crippen LogP contribution in [0.3, 0.4) is 0 Å². The SMILES string of the molecule is O=C(Nc1ccc(Cl)cc1)OC(CN1CCCC(Oc2ccc(F)cc2)C1)C(F)(F)F. The number of ether oxygens (including phenoxy) is 2. The highest BCUT2D eigenvalue weighted by Crippen LogP contribution is 2.26. The van der Waals surface area contributed by atoms with Crippen LogP contribution in [0.15, 0.2) is 48.5 Å². The van der Waals surface area contributed by atoms with Crippen molar-refractivity contribution in [1.29, 1.82) is 0 Å². The van der Waals surface area contributed by atoms with Crippen molar-refractivity contribution < 1.29 is 31.8 Å². The average Bonchev–Trinajstić information content (AvgIpc) is 2.71. The van der Waals surface area contributed by atoms with Gasteiger partial charge in [-0.15, -0.1) is 0 Å². The number of rotatable bonds is 6. The Morgan fingerprint density at radius 1 is 1.16 bits per heavy atom. The summed E-state index contributed by atoms with van der Waals surface area (Å²) in [5, 5.41) is 2.69. The van der Waals surface area contributed by atoms with E-state index in [-0.39, 0.29) is 18.3 Å². The first-order valence-electron chi connectivity index (χ1n) is 9.63. The summed E-state index contributed by atoms with van der Waals surface area (Å²) in [6.45, 7) is 0.130. The van der Waals surface area contributed by atoms with E-state index in [1.165, 1.54) is 48.5 Å². The van der Waals surface area contributed by atoms with Crippen molar-refractivity contribution in [2.75, 3.05) is 25.0 Å². The highest BCUT2D eigenvalue weighted by Gasteiger charge is 2.44. The molecule has 168 valence electrons. The molecule has 1 fully saturated rings. The number of carbonyl (C=O) groups is 1.